The van der Waals surface area contributed by atoms with Crippen molar-refractivity contribution in [1.29, 1.82) is 0 Å². The van der Waals surface area contributed by atoms with Gasteiger partial charge < -0.3 is 5.73 Å². The van der Waals surface area contributed by atoms with Gasteiger partial charge >= 0.3 is 0 Å². The minimum atomic E-state index is 0.270. The molecule has 16 heavy (non-hydrogen) atoms. The molecule has 2 N–H and O–H groups in total. The van der Waals surface area contributed by atoms with E-state index in [0.29, 0.717) is 0 Å². The summed E-state index contributed by atoms with van der Waals surface area (Å²) in [5.41, 5.74) is 6.39. The van der Waals surface area contributed by atoms with Crippen LogP contribution < -0.4 is 5.73 Å². The van der Waals surface area contributed by atoms with Crippen LogP contribution in [0.5, 0.6) is 0 Å². The van der Waals surface area contributed by atoms with Crippen LogP contribution in [0.3, 0.4) is 0 Å². The van der Waals surface area contributed by atoms with Crippen LogP contribution in [0.4, 0.5) is 0 Å². The summed E-state index contributed by atoms with van der Waals surface area (Å²) < 4.78 is 0. The summed E-state index contributed by atoms with van der Waals surface area (Å²) in [6.45, 7) is 4.54. The minimum absolute atomic E-state index is 0.270. The Morgan fingerprint density at radius 3 is 3.00 bits per heavy atom. The van der Waals surface area contributed by atoms with Crippen molar-refractivity contribution in [2.75, 3.05) is 45.2 Å². The molecule has 2 heterocycles. The van der Waals surface area contributed by atoms with E-state index in [2.05, 4.69) is 23.1 Å². The number of fused-ring (bicyclic) bond motifs is 1. The highest BCUT2D eigenvalue weighted by molar-refractivity contribution is 7.98. The number of thioether (sulfide) groups is 1. The second-order valence-corrected chi connectivity index (χ2v) is 6.15. The van der Waals surface area contributed by atoms with Crippen molar-refractivity contribution in [3.8, 4) is 0 Å². The van der Waals surface area contributed by atoms with Crippen molar-refractivity contribution >= 4 is 11.8 Å². The molecule has 0 saturated carbocycles. The second-order valence-electron chi connectivity index (χ2n) is 5.17. The molecule has 0 amide bonds. The van der Waals surface area contributed by atoms with Crippen LogP contribution in [0.1, 0.15) is 19.3 Å². The van der Waals surface area contributed by atoms with Gasteiger partial charge in [0, 0.05) is 37.0 Å². The first-order valence-electron chi connectivity index (χ1n) is 6.39. The van der Waals surface area contributed by atoms with Gasteiger partial charge in [0.2, 0.25) is 0 Å². The summed E-state index contributed by atoms with van der Waals surface area (Å²) in [5, 5.41) is 0. The first kappa shape index (κ1) is 12.7. The van der Waals surface area contributed by atoms with E-state index in [-0.39, 0.29) is 5.54 Å². The zero-order valence-electron chi connectivity index (χ0n) is 10.6. The van der Waals surface area contributed by atoms with Gasteiger partial charge in [-0.25, -0.2) is 0 Å². The van der Waals surface area contributed by atoms with Gasteiger partial charge in [-0.1, -0.05) is 0 Å². The van der Waals surface area contributed by atoms with E-state index >= 15 is 0 Å². The Balaban J connectivity index is 2.06. The minimum Gasteiger partial charge on any atom is -0.329 e. The lowest BCUT2D eigenvalue weighted by Gasteiger charge is -2.42. The van der Waals surface area contributed by atoms with Crippen molar-refractivity contribution < 1.29 is 0 Å². The molecule has 0 radical (unpaired) electrons. The summed E-state index contributed by atoms with van der Waals surface area (Å²) in [6.07, 6.45) is 6.15. The third-order valence-corrected chi connectivity index (χ3v) is 5.15. The molecule has 0 aromatic heterocycles. The zero-order valence-corrected chi connectivity index (χ0v) is 11.4. The first-order chi connectivity index (χ1) is 7.74. The quantitative estimate of drug-likeness (QED) is 0.776. The van der Waals surface area contributed by atoms with E-state index in [9.17, 15) is 0 Å². The van der Waals surface area contributed by atoms with Crippen molar-refractivity contribution in [3.63, 3.8) is 0 Å². The molecule has 0 spiro atoms. The van der Waals surface area contributed by atoms with Gasteiger partial charge in [0.05, 0.1) is 0 Å². The number of nitrogens with zero attached hydrogens (tertiary/aromatic N) is 2. The molecule has 94 valence electrons. The Morgan fingerprint density at radius 2 is 2.31 bits per heavy atom. The molecule has 0 aliphatic carbocycles. The van der Waals surface area contributed by atoms with E-state index in [1.165, 1.54) is 44.6 Å². The molecular weight excluding hydrogens is 218 g/mol. The fraction of sp³-hybridized carbons (Fsp3) is 1.00. The highest BCUT2D eigenvalue weighted by atomic mass is 32.2. The third-order valence-electron chi connectivity index (χ3n) is 4.56. The predicted octanol–water partition coefficient (Wildman–Crippen LogP) is 0.847. The lowest BCUT2D eigenvalue weighted by Crippen LogP contribution is -2.58. The average molecular weight is 243 g/mol. The largest absolute Gasteiger partial charge is 0.329 e. The first-order valence-corrected chi connectivity index (χ1v) is 7.78. The van der Waals surface area contributed by atoms with Crippen molar-refractivity contribution in [2.24, 2.45) is 5.73 Å². The Labute approximate surface area is 104 Å². The molecule has 3 nitrogen and oxygen atoms in total. The molecule has 2 saturated heterocycles. The van der Waals surface area contributed by atoms with Crippen LogP contribution in [-0.4, -0.2) is 66.6 Å². The number of rotatable bonds is 5. The molecule has 4 heteroatoms. The summed E-state index contributed by atoms with van der Waals surface area (Å²) >= 11 is 1.93. The molecule has 2 atom stereocenters. The molecule has 0 aromatic rings. The van der Waals surface area contributed by atoms with Gasteiger partial charge in [0.15, 0.2) is 0 Å². The van der Waals surface area contributed by atoms with Crippen LogP contribution in [-0.2, 0) is 0 Å². The van der Waals surface area contributed by atoms with E-state index in [1.54, 1.807) is 0 Å². The maximum Gasteiger partial charge on any atom is 0.0496 e. The smallest absolute Gasteiger partial charge is 0.0496 e. The molecule has 2 unspecified atom stereocenters. The summed E-state index contributed by atoms with van der Waals surface area (Å²) in [7, 11) is 2.27. The van der Waals surface area contributed by atoms with Gasteiger partial charge in [0.25, 0.3) is 0 Å². The third kappa shape index (κ3) is 2.01. The fourth-order valence-corrected chi connectivity index (χ4v) is 3.95. The molecular formula is C12H25N3S. The van der Waals surface area contributed by atoms with E-state index in [4.69, 9.17) is 5.73 Å². The summed E-state index contributed by atoms with van der Waals surface area (Å²) in [5.74, 6) is 1.21. The highest BCUT2D eigenvalue weighted by Gasteiger charge is 2.50. The van der Waals surface area contributed by atoms with Crippen molar-refractivity contribution in [3.05, 3.63) is 0 Å². The van der Waals surface area contributed by atoms with Crippen LogP contribution in [0.15, 0.2) is 0 Å². The van der Waals surface area contributed by atoms with Gasteiger partial charge in [-0.3, -0.25) is 9.80 Å². The van der Waals surface area contributed by atoms with Gasteiger partial charge in [0.1, 0.15) is 0 Å². The van der Waals surface area contributed by atoms with Gasteiger partial charge in [-0.2, -0.15) is 11.8 Å². The van der Waals surface area contributed by atoms with Gasteiger partial charge in [-0.05, 0) is 39.1 Å². The molecule has 0 aromatic carbocycles. The Bertz CT molecular complexity index is 236. The average Bonchev–Trinajstić information content (AvgIpc) is 2.87. The number of nitrogens with two attached hydrogens (primary N) is 1. The topological polar surface area (TPSA) is 32.5 Å². The second kappa shape index (κ2) is 5.25. The van der Waals surface area contributed by atoms with E-state index < -0.39 is 0 Å². The number of likely N-dealkylation sites (N-methyl/N-ethyl adjacent to an activating group) is 1. The van der Waals surface area contributed by atoms with Gasteiger partial charge in [-0.15, -0.1) is 0 Å². The fourth-order valence-electron chi connectivity index (χ4n) is 3.50. The molecule has 2 aliphatic heterocycles. The molecule has 2 aliphatic rings. The van der Waals surface area contributed by atoms with Crippen molar-refractivity contribution in [2.45, 2.75) is 30.8 Å². The molecule has 0 bridgehead atoms. The number of hydrogen-bond acceptors (Lipinski definition) is 4. The standard InChI is InChI=1S/C12H25N3S/c1-14(8-9-16-2)12(10-13)5-7-15-6-3-4-11(12)15/h11H,3-10,13H2,1-2H3. The predicted molar refractivity (Wildman–Crippen MR) is 72.0 cm³/mol. The van der Waals surface area contributed by atoms with Crippen LogP contribution >= 0.6 is 11.8 Å². The lowest BCUT2D eigenvalue weighted by atomic mass is 9.87. The molecule has 2 rings (SSSR count). The van der Waals surface area contributed by atoms with Crippen LogP contribution in [0.25, 0.3) is 0 Å². The monoisotopic (exact) mass is 243 g/mol. The molecule has 2 fully saturated rings. The maximum atomic E-state index is 6.12. The Kier molecular flexibility index (Phi) is 4.16. The maximum absolute atomic E-state index is 6.12. The summed E-state index contributed by atoms with van der Waals surface area (Å²) in [4.78, 5) is 5.20. The van der Waals surface area contributed by atoms with Crippen LogP contribution in [0, 0.1) is 0 Å². The summed E-state index contributed by atoms with van der Waals surface area (Å²) in [6, 6.07) is 0.726. The van der Waals surface area contributed by atoms with E-state index in [1.807, 2.05) is 11.8 Å². The lowest BCUT2D eigenvalue weighted by molar-refractivity contribution is 0.0974. The Hall–Kier alpha value is 0.230. The Morgan fingerprint density at radius 1 is 1.50 bits per heavy atom. The number of hydrogen-bond donors (Lipinski definition) is 1. The highest BCUT2D eigenvalue weighted by Crippen LogP contribution is 2.38. The van der Waals surface area contributed by atoms with Crippen LogP contribution in [0.2, 0.25) is 0 Å². The van der Waals surface area contributed by atoms with Crippen molar-refractivity contribution in [1.82, 2.24) is 9.80 Å². The zero-order chi connectivity index (χ0) is 11.6. The van der Waals surface area contributed by atoms with E-state index in [0.717, 1.165) is 12.6 Å². The SMILES string of the molecule is CSCCN(C)C1(CN)CCN2CCCC21. The normalized spacial score (nSPS) is 34.9.